The van der Waals surface area contributed by atoms with Crippen LogP contribution >= 0.6 is 0 Å². The summed E-state index contributed by atoms with van der Waals surface area (Å²) in [6.45, 7) is 6.33. The lowest BCUT2D eigenvalue weighted by molar-refractivity contribution is 0.619. The van der Waals surface area contributed by atoms with Crippen LogP contribution in [0.25, 0.3) is 22.6 Å². The number of nitrogens with two attached hydrogens (primary N) is 1. The van der Waals surface area contributed by atoms with Crippen molar-refractivity contribution in [3.8, 4) is 11.5 Å². The molecule has 3 heteroatoms. The van der Waals surface area contributed by atoms with Crippen LogP contribution < -0.4 is 5.73 Å². The van der Waals surface area contributed by atoms with Gasteiger partial charge in [0.05, 0.1) is 0 Å². The zero-order valence-electron chi connectivity index (χ0n) is 12.0. The van der Waals surface area contributed by atoms with Gasteiger partial charge in [-0.2, -0.15) is 0 Å². The van der Waals surface area contributed by atoms with Crippen LogP contribution in [0, 0.1) is 6.92 Å². The number of nitrogen functional groups attached to an aromatic ring is 1. The van der Waals surface area contributed by atoms with Gasteiger partial charge in [-0.15, -0.1) is 0 Å². The van der Waals surface area contributed by atoms with Gasteiger partial charge in [0.2, 0.25) is 5.89 Å². The zero-order valence-corrected chi connectivity index (χ0v) is 12.0. The number of hydrogen-bond donors (Lipinski definition) is 1. The predicted octanol–water partition coefficient (Wildman–Crippen LogP) is 4.51. The van der Waals surface area contributed by atoms with Gasteiger partial charge < -0.3 is 10.2 Å². The van der Waals surface area contributed by atoms with Crippen LogP contribution in [-0.2, 0) is 0 Å². The summed E-state index contributed by atoms with van der Waals surface area (Å²) in [7, 11) is 0. The van der Waals surface area contributed by atoms with Crippen molar-refractivity contribution in [3.63, 3.8) is 0 Å². The van der Waals surface area contributed by atoms with E-state index in [1.165, 1.54) is 5.56 Å². The maximum absolute atomic E-state index is 5.95. The summed E-state index contributed by atoms with van der Waals surface area (Å²) in [5.41, 5.74) is 11.6. The van der Waals surface area contributed by atoms with Crippen molar-refractivity contribution in [2.45, 2.75) is 26.7 Å². The molecule has 0 saturated carbocycles. The topological polar surface area (TPSA) is 52.0 Å². The van der Waals surface area contributed by atoms with Crippen LogP contribution in [0.15, 0.2) is 40.8 Å². The van der Waals surface area contributed by atoms with Gasteiger partial charge in [-0.3, -0.25) is 0 Å². The van der Waals surface area contributed by atoms with Crippen LogP contribution in [0.3, 0.4) is 0 Å². The summed E-state index contributed by atoms with van der Waals surface area (Å²) in [5.74, 6) is 1.10. The number of aryl methyl sites for hydroxylation is 1. The molecular weight excluding hydrogens is 248 g/mol. The number of nitrogens with zero attached hydrogens (tertiary/aromatic N) is 1. The molecule has 20 heavy (non-hydrogen) atoms. The predicted molar refractivity (Wildman–Crippen MR) is 82.7 cm³/mol. The molecule has 0 unspecified atom stereocenters. The van der Waals surface area contributed by atoms with Gasteiger partial charge in [-0.1, -0.05) is 26.0 Å². The van der Waals surface area contributed by atoms with Crippen molar-refractivity contribution in [2.24, 2.45) is 0 Å². The largest absolute Gasteiger partial charge is 0.436 e. The van der Waals surface area contributed by atoms with E-state index < -0.39 is 0 Å². The zero-order chi connectivity index (χ0) is 14.3. The summed E-state index contributed by atoms with van der Waals surface area (Å²) < 4.78 is 5.82. The van der Waals surface area contributed by atoms with Crippen LogP contribution in [-0.4, -0.2) is 4.98 Å². The fourth-order valence-corrected chi connectivity index (χ4v) is 2.20. The van der Waals surface area contributed by atoms with E-state index in [1.807, 2.05) is 31.2 Å². The van der Waals surface area contributed by atoms with Crippen LogP contribution in [0.4, 0.5) is 5.69 Å². The molecule has 3 nitrogen and oxygen atoms in total. The van der Waals surface area contributed by atoms with Crippen LogP contribution in [0.2, 0.25) is 0 Å². The van der Waals surface area contributed by atoms with E-state index in [1.54, 1.807) is 0 Å². The number of anilines is 1. The molecule has 0 bridgehead atoms. The van der Waals surface area contributed by atoms with Gasteiger partial charge in [0.1, 0.15) is 5.52 Å². The van der Waals surface area contributed by atoms with E-state index >= 15 is 0 Å². The Morgan fingerprint density at radius 2 is 1.90 bits per heavy atom. The highest BCUT2D eigenvalue weighted by Gasteiger charge is 2.10. The number of rotatable bonds is 2. The molecule has 3 rings (SSSR count). The highest BCUT2D eigenvalue weighted by molar-refractivity contribution is 5.77. The van der Waals surface area contributed by atoms with E-state index in [9.17, 15) is 0 Å². The van der Waals surface area contributed by atoms with Crippen molar-refractivity contribution in [3.05, 3.63) is 47.5 Å². The Hall–Kier alpha value is -2.29. The van der Waals surface area contributed by atoms with Crippen LogP contribution in [0.5, 0.6) is 0 Å². The Bertz CT molecular complexity index is 772. The molecule has 2 N–H and O–H groups in total. The van der Waals surface area contributed by atoms with E-state index in [4.69, 9.17) is 10.2 Å². The fraction of sp³-hybridized carbons (Fsp3) is 0.235. The minimum atomic E-state index is 0.481. The highest BCUT2D eigenvalue weighted by atomic mass is 16.3. The molecule has 0 saturated heterocycles. The first-order valence-corrected chi connectivity index (χ1v) is 6.81. The lowest BCUT2D eigenvalue weighted by Gasteiger charge is -2.02. The second-order valence-electron chi connectivity index (χ2n) is 5.47. The standard InChI is InChI=1S/C17H18N2O/c1-10(2)12-6-7-16-15(9-12)19-17(20-16)13-5-4-11(3)14(18)8-13/h4-10H,18H2,1-3H3. The molecule has 0 amide bonds. The summed E-state index contributed by atoms with van der Waals surface area (Å²) in [5, 5.41) is 0. The lowest BCUT2D eigenvalue weighted by atomic mass is 10.0. The summed E-state index contributed by atoms with van der Waals surface area (Å²) >= 11 is 0. The molecule has 0 aliphatic carbocycles. The molecule has 1 aromatic heterocycles. The van der Waals surface area contributed by atoms with Crippen molar-refractivity contribution >= 4 is 16.8 Å². The molecule has 0 aliphatic heterocycles. The Kier molecular flexibility index (Phi) is 2.97. The van der Waals surface area contributed by atoms with Crippen molar-refractivity contribution in [2.75, 3.05) is 5.73 Å². The van der Waals surface area contributed by atoms with Crippen molar-refractivity contribution in [1.82, 2.24) is 4.98 Å². The third-order valence-electron chi connectivity index (χ3n) is 3.60. The number of oxazole rings is 1. The third kappa shape index (κ3) is 2.16. The second kappa shape index (κ2) is 4.67. The van der Waals surface area contributed by atoms with E-state index in [0.717, 1.165) is 27.9 Å². The van der Waals surface area contributed by atoms with E-state index in [-0.39, 0.29) is 0 Å². The second-order valence-corrected chi connectivity index (χ2v) is 5.47. The molecular formula is C17H18N2O. The average Bonchev–Trinajstić information content (AvgIpc) is 2.84. The fourth-order valence-electron chi connectivity index (χ4n) is 2.20. The van der Waals surface area contributed by atoms with Gasteiger partial charge in [0.15, 0.2) is 5.58 Å². The molecule has 3 aromatic rings. The molecule has 0 fully saturated rings. The first kappa shape index (κ1) is 12.7. The smallest absolute Gasteiger partial charge is 0.227 e. The summed E-state index contributed by atoms with van der Waals surface area (Å²) in [4.78, 5) is 4.57. The molecule has 0 atom stereocenters. The Balaban J connectivity index is 2.10. The van der Waals surface area contributed by atoms with Gasteiger partial charge >= 0.3 is 0 Å². The molecule has 0 aliphatic rings. The van der Waals surface area contributed by atoms with Gasteiger partial charge in [-0.05, 0) is 48.2 Å². The lowest BCUT2D eigenvalue weighted by Crippen LogP contribution is -1.89. The Labute approximate surface area is 118 Å². The SMILES string of the molecule is Cc1ccc(-c2nc3cc(C(C)C)ccc3o2)cc1N. The maximum atomic E-state index is 5.95. The van der Waals surface area contributed by atoms with Crippen molar-refractivity contribution in [1.29, 1.82) is 0 Å². The number of hydrogen-bond acceptors (Lipinski definition) is 3. The number of fused-ring (bicyclic) bond motifs is 1. The van der Waals surface area contributed by atoms with Crippen molar-refractivity contribution < 1.29 is 4.42 Å². The van der Waals surface area contributed by atoms with E-state index in [2.05, 4.69) is 31.0 Å². The van der Waals surface area contributed by atoms with Crippen LogP contribution in [0.1, 0.15) is 30.9 Å². The molecule has 0 spiro atoms. The minimum absolute atomic E-state index is 0.481. The monoisotopic (exact) mass is 266 g/mol. The normalized spacial score (nSPS) is 11.4. The quantitative estimate of drug-likeness (QED) is 0.694. The first-order chi connectivity index (χ1) is 9.54. The Morgan fingerprint density at radius 1 is 1.10 bits per heavy atom. The average molecular weight is 266 g/mol. The van der Waals surface area contributed by atoms with Gasteiger partial charge in [-0.25, -0.2) is 4.98 Å². The molecule has 102 valence electrons. The minimum Gasteiger partial charge on any atom is -0.436 e. The van der Waals surface area contributed by atoms with Gasteiger partial charge in [0, 0.05) is 11.3 Å². The summed E-state index contributed by atoms with van der Waals surface area (Å²) in [6.07, 6.45) is 0. The molecule has 0 radical (unpaired) electrons. The first-order valence-electron chi connectivity index (χ1n) is 6.81. The van der Waals surface area contributed by atoms with Gasteiger partial charge in [0.25, 0.3) is 0 Å². The number of benzene rings is 2. The summed E-state index contributed by atoms with van der Waals surface area (Å²) in [6, 6.07) is 12.0. The molecule has 1 heterocycles. The maximum Gasteiger partial charge on any atom is 0.227 e. The highest BCUT2D eigenvalue weighted by Crippen LogP contribution is 2.28. The van der Waals surface area contributed by atoms with E-state index in [0.29, 0.717) is 11.8 Å². The number of aromatic nitrogens is 1. The molecule has 2 aromatic carbocycles. The third-order valence-corrected chi connectivity index (χ3v) is 3.60. The Morgan fingerprint density at radius 3 is 2.60 bits per heavy atom.